The third kappa shape index (κ3) is 24.4. The van der Waals surface area contributed by atoms with Crippen molar-refractivity contribution in [1.29, 1.82) is 0 Å². The van der Waals surface area contributed by atoms with Crippen molar-refractivity contribution in [3.63, 3.8) is 0 Å². The standard InChI is InChI=1S/C21H40N10O7/c1-21(2,3)38-20(34)26-8-10-35-12-14-37-15-13-36-11-9-31(16-18(32)24-4-6-27-29-22)17-19(33)25-5-7-28-30-23/h4-17H2,1-3H3,(H,24,32)(H,25,33)(H,26,34). The molecular weight excluding hydrogens is 504 g/mol. The molecule has 0 rings (SSSR count). The number of carbonyl (C=O) groups excluding carboxylic acids is 3. The number of nitrogens with one attached hydrogen (secondary N) is 3. The van der Waals surface area contributed by atoms with Gasteiger partial charge in [-0.05, 0) is 31.8 Å². The largest absolute Gasteiger partial charge is 0.444 e. The molecular formula is C21H40N10O7. The van der Waals surface area contributed by atoms with Gasteiger partial charge in [-0.1, -0.05) is 10.2 Å². The second kappa shape index (κ2) is 22.8. The zero-order valence-electron chi connectivity index (χ0n) is 22.4. The van der Waals surface area contributed by atoms with Gasteiger partial charge in [0.25, 0.3) is 0 Å². The number of ether oxygens (including phenoxy) is 4. The predicted octanol–water partition coefficient (Wildman–Crippen LogP) is 0.716. The number of rotatable bonds is 22. The van der Waals surface area contributed by atoms with Crippen LogP contribution in [0.15, 0.2) is 10.2 Å². The summed E-state index contributed by atoms with van der Waals surface area (Å²) in [5.74, 6) is -0.658. The first-order valence-electron chi connectivity index (χ1n) is 12.2. The minimum atomic E-state index is -0.549. The van der Waals surface area contributed by atoms with Crippen molar-refractivity contribution in [3.05, 3.63) is 20.9 Å². The van der Waals surface area contributed by atoms with Crippen LogP contribution in [0.5, 0.6) is 0 Å². The third-order valence-electron chi connectivity index (χ3n) is 4.14. The number of azide groups is 2. The van der Waals surface area contributed by atoms with E-state index in [1.165, 1.54) is 0 Å². The first kappa shape index (κ1) is 34.7. The maximum absolute atomic E-state index is 12.1. The Labute approximate surface area is 222 Å². The van der Waals surface area contributed by atoms with Crippen LogP contribution in [0.3, 0.4) is 0 Å². The second-order valence-corrected chi connectivity index (χ2v) is 8.59. The van der Waals surface area contributed by atoms with E-state index in [9.17, 15) is 14.4 Å². The topological polar surface area (TPSA) is 225 Å². The Kier molecular flexibility index (Phi) is 20.8. The molecule has 0 aromatic heterocycles. The number of hydrogen-bond acceptors (Lipinski definition) is 10. The summed E-state index contributed by atoms with van der Waals surface area (Å²) in [6.07, 6.45) is -0.495. The van der Waals surface area contributed by atoms with E-state index in [1.54, 1.807) is 25.7 Å². The van der Waals surface area contributed by atoms with Crippen LogP contribution in [-0.4, -0.2) is 120 Å². The van der Waals surface area contributed by atoms with Crippen LogP contribution in [0.25, 0.3) is 20.9 Å². The molecule has 0 aromatic rings. The lowest BCUT2D eigenvalue weighted by Crippen LogP contribution is -2.45. The monoisotopic (exact) mass is 544 g/mol. The van der Waals surface area contributed by atoms with E-state index in [1.807, 2.05) is 0 Å². The molecule has 0 aliphatic rings. The molecule has 3 N–H and O–H groups in total. The van der Waals surface area contributed by atoms with Gasteiger partial charge < -0.3 is 34.9 Å². The van der Waals surface area contributed by atoms with E-state index < -0.39 is 11.7 Å². The average Bonchev–Trinajstić information content (AvgIpc) is 2.84. The van der Waals surface area contributed by atoms with E-state index in [0.29, 0.717) is 46.1 Å². The molecule has 0 fully saturated rings. The fourth-order valence-corrected chi connectivity index (χ4v) is 2.59. The van der Waals surface area contributed by atoms with Gasteiger partial charge in [-0.15, -0.1) is 0 Å². The molecule has 0 aromatic carbocycles. The van der Waals surface area contributed by atoms with Crippen molar-refractivity contribution in [2.24, 2.45) is 10.2 Å². The van der Waals surface area contributed by atoms with Crippen LogP contribution in [-0.2, 0) is 28.5 Å². The SMILES string of the molecule is CC(C)(C)OC(=O)NCCOCCOCCOCCN(CC(=O)NCCN=[N+]=[N-])CC(=O)NCCN=[N+]=[N-]. The molecule has 3 amide bonds. The summed E-state index contributed by atoms with van der Waals surface area (Å²) < 4.78 is 21.4. The maximum atomic E-state index is 12.1. The molecule has 0 heterocycles. The van der Waals surface area contributed by atoms with E-state index in [-0.39, 0.29) is 57.7 Å². The Morgan fingerprint density at radius 3 is 1.68 bits per heavy atom. The van der Waals surface area contributed by atoms with E-state index in [2.05, 4.69) is 36.0 Å². The Balaban J connectivity index is 4.06. The Morgan fingerprint density at radius 1 is 0.737 bits per heavy atom. The third-order valence-corrected chi connectivity index (χ3v) is 4.14. The van der Waals surface area contributed by atoms with Gasteiger partial charge in [0.05, 0.1) is 52.7 Å². The second-order valence-electron chi connectivity index (χ2n) is 8.59. The van der Waals surface area contributed by atoms with E-state index in [0.717, 1.165) is 0 Å². The van der Waals surface area contributed by atoms with Gasteiger partial charge in [-0.2, -0.15) is 0 Å². The van der Waals surface area contributed by atoms with Gasteiger partial charge in [-0.25, -0.2) is 4.79 Å². The molecule has 0 aliphatic carbocycles. The molecule has 0 atom stereocenters. The molecule has 0 aliphatic heterocycles. The zero-order valence-corrected chi connectivity index (χ0v) is 22.4. The molecule has 0 saturated heterocycles. The molecule has 17 nitrogen and oxygen atoms in total. The van der Waals surface area contributed by atoms with Crippen LogP contribution < -0.4 is 16.0 Å². The van der Waals surface area contributed by atoms with Gasteiger partial charge in [-0.3, -0.25) is 14.5 Å². The fraction of sp³-hybridized carbons (Fsp3) is 0.857. The molecule has 0 spiro atoms. The minimum absolute atomic E-state index is 0.0555. The normalized spacial score (nSPS) is 10.7. The Bertz CT molecular complexity index is 743. The molecule has 0 unspecified atom stereocenters. The van der Waals surface area contributed by atoms with Gasteiger partial charge >= 0.3 is 6.09 Å². The molecule has 0 bridgehead atoms. The fourth-order valence-electron chi connectivity index (χ4n) is 2.59. The van der Waals surface area contributed by atoms with Crippen LogP contribution in [0.2, 0.25) is 0 Å². The van der Waals surface area contributed by atoms with Crippen LogP contribution in [0, 0.1) is 0 Å². The van der Waals surface area contributed by atoms with Crippen molar-refractivity contribution in [1.82, 2.24) is 20.9 Å². The molecule has 0 saturated carbocycles. The van der Waals surface area contributed by atoms with E-state index >= 15 is 0 Å². The van der Waals surface area contributed by atoms with Gasteiger partial charge in [0.1, 0.15) is 5.60 Å². The molecule has 216 valence electrons. The number of alkyl carbamates (subject to hydrolysis) is 1. The highest BCUT2D eigenvalue weighted by Gasteiger charge is 2.16. The lowest BCUT2D eigenvalue weighted by atomic mass is 10.2. The predicted molar refractivity (Wildman–Crippen MR) is 137 cm³/mol. The van der Waals surface area contributed by atoms with Gasteiger partial charge in [0.2, 0.25) is 11.8 Å². The summed E-state index contributed by atoms with van der Waals surface area (Å²) in [6, 6.07) is 0. The van der Waals surface area contributed by atoms with Gasteiger partial charge in [0.15, 0.2) is 0 Å². The van der Waals surface area contributed by atoms with Crippen LogP contribution >= 0.6 is 0 Å². The summed E-state index contributed by atoms with van der Waals surface area (Å²) in [6.45, 7) is 8.44. The van der Waals surface area contributed by atoms with Crippen molar-refractivity contribution in [2.75, 3.05) is 92.0 Å². The highest BCUT2D eigenvalue weighted by Crippen LogP contribution is 2.06. The van der Waals surface area contributed by atoms with E-state index in [4.69, 9.17) is 30.0 Å². The van der Waals surface area contributed by atoms with Crippen LogP contribution in [0.1, 0.15) is 20.8 Å². The molecule has 38 heavy (non-hydrogen) atoms. The van der Waals surface area contributed by atoms with Crippen molar-refractivity contribution in [2.45, 2.75) is 26.4 Å². The summed E-state index contributed by atoms with van der Waals surface area (Å²) in [7, 11) is 0. The minimum Gasteiger partial charge on any atom is -0.444 e. The van der Waals surface area contributed by atoms with Crippen molar-refractivity contribution in [3.8, 4) is 0 Å². The quantitative estimate of drug-likeness (QED) is 0.0759. The Hall–Kier alpha value is -3.33. The summed E-state index contributed by atoms with van der Waals surface area (Å²) in [5, 5.41) is 14.5. The maximum Gasteiger partial charge on any atom is 0.407 e. The number of amides is 3. The van der Waals surface area contributed by atoms with Gasteiger partial charge in [0, 0.05) is 49.1 Å². The lowest BCUT2D eigenvalue weighted by molar-refractivity contribution is -0.125. The molecule has 0 radical (unpaired) electrons. The first-order valence-corrected chi connectivity index (χ1v) is 12.2. The van der Waals surface area contributed by atoms with Crippen molar-refractivity contribution < 1.29 is 33.3 Å². The summed E-state index contributed by atoms with van der Waals surface area (Å²) in [5.41, 5.74) is 16.0. The smallest absolute Gasteiger partial charge is 0.407 e. The highest BCUT2D eigenvalue weighted by atomic mass is 16.6. The van der Waals surface area contributed by atoms with Crippen LogP contribution in [0.4, 0.5) is 4.79 Å². The molecule has 17 heteroatoms. The Morgan fingerprint density at radius 2 is 1.21 bits per heavy atom. The summed E-state index contributed by atoms with van der Waals surface area (Å²) >= 11 is 0. The average molecular weight is 545 g/mol. The number of hydrogen-bond donors (Lipinski definition) is 3. The number of nitrogens with zero attached hydrogens (tertiary/aromatic N) is 7. The highest BCUT2D eigenvalue weighted by molar-refractivity contribution is 5.81. The zero-order chi connectivity index (χ0) is 28.5. The van der Waals surface area contributed by atoms with Crippen molar-refractivity contribution >= 4 is 17.9 Å². The number of carbonyl (C=O) groups is 3. The first-order chi connectivity index (χ1) is 18.2. The summed E-state index contributed by atoms with van der Waals surface area (Å²) in [4.78, 5) is 42.5. The lowest BCUT2D eigenvalue weighted by Gasteiger charge is -2.21.